The summed E-state index contributed by atoms with van der Waals surface area (Å²) < 4.78 is 5.68. The molecule has 0 aliphatic carbocycles. The van der Waals surface area contributed by atoms with Gasteiger partial charge in [-0.2, -0.15) is 0 Å². The number of aromatic nitrogens is 1. The lowest BCUT2D eigenvalue weighted by Gasteiger charge is -2.05. The Bertz CT molecular complexity index is 622. The smallest absolute Gasteiger partial charge is 0.347 e. The van der Waals surface area contributed by atoms with Crippen LogP contribution in [0.5, 0.6) is 5.75 Å². The van der Waals surface area contributed by atoms with E-state index in [1.54, 1.807) is 0 Å². The Hall–Kier alpha value is -1.88. The minimum atomic E-state index is -0.883. The number of aryl methyl sites for hydroxylation is 3. The molecule has 21 heavy (non-hydrogen) atoms. The zero-order chi connectivity index (χ0) is 15.2. The van der Waals surface area contributed by atoms with Crippen LogP contribution >= 0.6 is 11.3 Å². The first-order valence-corrected chi connectivity index (χ1v) is 7.83. The van der Waals surface area contributed by atoms with Gasteiger partial charge < -0.3 is 9.84 Å². The fourth-order valence-corrected chi connectivity index (χ4v) is 3.07. The minimum absolute atomic E-state index is 0.368. The first-order valence-electron chi connectivity index (χ1n) is 7.01. The van der Waals surface area contributed by atoms with Gasteiger partial charge in [0.1, 0.15) is 10.6 Å². The molecular formula is C16H19NO3S. The Morgan fingerprint density at radius 1 is 1.43 bits per heavy atom. The Labute approximate surface area is 128 Å². The Balaban J connectivity index is 1.85. The number of thiazole rings is 1. The molecule has 0 spiro atoms. The second-order valence-corrected chi connectivity index (χ2v) is 5.89. The fourth-order valence-electron chi connectivity index (χ4n) is 2.03. The molecule has 2 aromatic rings. The molecular weight excluding hydrogens is 286 g/mol. The topological polar surface area (TPSA) is 59.4 Å². The average Bonchev–Trinajstić information content (AvgIpc) is 2.87. The summed E-state index contributed by atoms with van der Waals surface area (Å²) in [6, 6.07) is 7.94. The summed E-state index contributed by atoms with van der Waals surface area (Å²) in [5.41, 5.74) is 1.85. The third-order valence-corrected chi connectivity index (χ3v) is 4.21. The number of carboxylic acid groups (broad SMARTS) is 1. The SMILES string of the molecule is CCc1nc(CCCOc2cccc(C)c2)sc1C(=O)O. The molecule has 1 aromatic carbocycles. The Morgan fingerprint density at radius 2 is 2.24 bits per heavy atom. The van der Waals surface area contributed by atoms with E-state index < -0.39 is 5.97 Å². The van der Waals surface area contributed by atoms with Gasteiger partial charge in [-0.3, -0.25) is 0 Å². The molecule has 1 heterocycles. The van der Waals surface area contributed by atoms with Gasteiger partial charge in [0, 0.05) is 6.42 Å². The lowest BCUT2D eigenvalue weighted by Crippen LogP contribution is -1.99. The molecule has 1 aromatic heterocycles. The normalized spacial score (nSPS) is 10.6. The molecule has 112 valence electrons. The van der Waals surface area contributed by atoms with E-state index in [4.69, 9.17) is 9.84 Å². The third-order valence-electron chi connectivity index (χ3n) is 3.06. The maximum absolute atomic E-state index is 11.1. The summed E-state index contributed by atoms with van der Waals surface area (Å²) in [4.78, 5) is 15.8. The largest absolute Gasteiger partial charge is 0.494 e. The number of carbonyl (C=O) groups is 1. The van der Waals surface area contributed by atoms with Crippen LogP contribution in [-0.4, -0.2) is 22.7 Å². The van der Waals surface area contributed by atoms with Gasteiger partial charge in [0.15, 0.2) is 0 Å². The Kier molecular flexibility index (Phi) is 5.33. The molecule has 0 saturated carbocycles. The molecule has 0 amide bonds. The molecule has 0 bridgehead atoms. The summed E-state index contributed by atoms with van der Waals surface area (Å²) in [7, 11) is 0. The van der Waals surface area contributed by atoms with Crippen LogP contribution in [0.2, 0.25) is 0 Å². The van der Waals surface area contributed by atoms with E-state index in [0.29, 0.717) is 23.6 Å². The predicted molar refractivity (Wildman–Crippen MR) is 83.4 cm³/mol. The molecule has 4 nitrogen and oxygen atoms in total. The second-order valence-electron chi connectivity index (χ2n) is 4.81. The van der Waals surface area contributed by atoms with Crippen molar-refractivity contribution in [1.29, 1.82) is 0 Å². The van der Waals surface area contributed by atoms with Crippen molar-refractivity contribution in [2.75, 3.05) is 6.61 Å². The van der Waals surface area contributed by atoms with Crippen LogP contribution in [0, 0.1) is 6.92 Å². The van der Waals surface area contributed by atoms with E-state index in [-0.39, 0.29) is 0 Å². The van der Waals surface area contributed by atoms with Crippen molar-refractivity contribution in [2.45, 2.75) is 33.1 Å². The lowest BCUT2D eigenvalue weighted by molar-refractivity contribution is 0.0701. The van der Waals surface area contributed by atoms with Crippen molar-refractivity contribution >= 4 is 17.3 Å². The van der Waals surface area contributed by atoms with Gasteiger partial charge in [0.25, 0.3) is 0 Å². The van der Waals surface area contributed by atoms with Gasteiger partial charge in [0.05, 0.1) is 17.3 Å². The molecule has 0 unspecified atom stereocenters. The van der Waals surface area contributed by atoms with Crippen LogP contribution in [0.3, 0.4) is 0 Å². The highest BCUT2D eigenvalue weighted by atomic mass is 32.1. The number of ether oxygens (including phenoxy) is 1. The van der Waals surface area contributed by atoms with E-state index >= 15 is 0 Å². The van der Waals surface area contributed by atoms with E-state index in [1.165, 1.54) is 16.9 Å². The van der Waals surface area contributed by atoms with Gasteiger partial charge >= 0.3 is 5.97 Å². The molecule has 0 aliphatic rings. The van der Waals surface area contributed by atoms with Crippen LogP contribution in [-0.2, 0) is 12.8 Å². The number of nitrogens with zero attached hydrogens (tertiary/aromatic N) is 1. The summed E-state index contributed by atoms with van der Waals surface area (Å²) in [5, 5.41) is 9.97. The lowest BCUT2D eigenvalue weighted by atomic mass is 10.2. The van der Waals surface area contributed by atoms with E-state index in [0.717, 1.165) is 23.6 Å². The number of hydrogen-bond donors (Lipinski definition) is 1. The molecule has 0 saturated heterocycles. The number of aromatic carboxylic acids is 1. The van der Waals surface area contributed by atoms with Crippen molar-refractivity contribution in [3.63, 3.8) is 0 Å². The monoisotopic (exact) mass is 305 g/mol. The third kappa shape index (κ3) is 4.29. The summed E-state index contributed by atoms with van der Waals surface area (Å²) in [6.07, 6.45) is 2.22. The van der Waals surface area contributed by atoms with Crippen molar-refractivity contribution in [3.8, 4) is 5.75 Å². The minimum Gasteiger partial charge on any atom is -0.494 e. The van der Waals surface area contributed by atoms with E-state index in [2.05, 4.69) is 4.98 Å². The molecule has 0 aliphatic heterocycles. The number of benzene rings is 1. The molecule has 0 radical (unpaired) electrons. The summed E-state index contributed by atoms with van der Waals surface area (Å²) in [6.45, 7) is 4.56. The van der Waals surface area contributed by atoms with Gasteiger partial charge in [-0.25, -0.2) is 9.78 Å². The summed E-state index contributed by atoms with van der Waals surface area (Å²) >= 11 is 1.27. The standard InChI is InChI=1S/C16H19NO3S/c1-3-13-15(16(18)19)21-14(17-13)8-5-9-20-12-7-4-6-11(2)10-12/h4,6-7,10H,3,5,8-9H2,1-2H3,(H,18,19). The van der Waals surface area contributed by atoms with Crippen LogP contribution in [0.25, 0.3) is 0 Å². The van der Waals surface area contributed by atoms with Crippen molar-refractivity contribution in [1.82, 2.24) is 4.98 Å². The molecule has 2 rings (SSSR count). The van der Waals surface area contributed by atoms with Gasteiger partial charge in [0.2, 0.25) is 0 Å². The molecule has 1 N–H and O–H groups in total. The Morgan fingerprint density at radius 3 is 2.86 bits per heavy atom. The van der Waals surface area contributed by atoms with Gasteiger partial charge in [-0.05, 0) is 37.5 Å². The van der Waals surface area contributed by atoms with Gasteiger partial charge in [-0.1, -0.05) is 19.1 Å². The first-order chi connectivity index (χ1) is 10.1. The maximum Gasteiger partial charge on any atom is 0.347 e. The predicted octanol–water partition coefficient (Wildman–Crippen LogP) is 3.72. The van der Waals surface area contributed by atoms with Crippen LogP contribution in [0.1, 0.15) is 39.3 Å². The second kappa shape index (κ2) is 7.22. The van der Waals surface area contributed by atoms with Crippen molar-refractivity contribution in [2.24, 2.45) is 0 Å². The number of carboxylic acids is 1. The zero-order valence-corrected chi connectivity index (χ0v) is 13.1. The van der Waals surface area contributed by atoms with E-state index in [9.17, 15) is 4.79 Å². The molecule has 5 heteroatoms. The van der Waals surface area contributed by atoms with Crippen LogP contribution in [0.4, 0.5) is 0 Å². The average molecular weight is 305 g/mol. The fraction of sp³-hybridized carbons (Fsp3) is 0.375. The molecule has 0 atom stereocenters. The van der Waals surface area contributed by atoms with E-state index in [1.807, 2.05) is 38.1 Å². The zero-order valence-electron chi connectivity index (χ0n) is 12.3. The quantitative estimate of drug-likeness (QED) is 0.792. The highest BCUT2D eigenvalue weighted by Gasteiger charge is 2.15. The summed E-state index contributed by atoms with van der Waals surface area (Å²) in [5.74, 6) is -0.0128. The first kappa shape index (κ1) is 15.5. The van der Waals surface area contributed by atoms with Crippen molar-refractivity contribution in [3.05, 3.63) is 45.4 Å². The van der Waals surface area contributed by atoms with Gasteiger partial charge in [-0.15, -0.1) is 11.3 Å². The van der Waals surface area contributed by atoms with Crippen LogP contribution in [0.15, 0.2) is 24.3 Å². The highest BCUT2D eigenvalue weighted by Crippen LogP contribution is 2.21. The van der Waals surface area contributed by atoms with Crippen molar-refractivity contribution < 1.29 is 14.6 Å². The molecule has 0 fully saturated rings. The number of rotatable bonds is 7. The highest BCUT2D eigenvalue weighted by molar-refractivity contribution is 7.13. The maximum atomic E-state index is 11.1. The number of hydrogen-bond acceptors (Lipinski definition) is 4. The van der Waals surface area contributed by atoms with Crippen LogP contribution < -0.4 is 4.74 Å².